The molecule has 62 heavy (non-hydrogen) atoms. The first-order valence-electron chi connectivity index (χ1n) is 20.7. The summed E-state index contributed by atoms with van der Waals surface area (Å²) >= 11 is 4.11. The van der Waals surface area contributed by atoms with Gasteiger partial charge in [0, 0.05) is 0 Å². The zero-order chi connectivity index (χ0) is 44.1. The molecule has 6 amide bonds. The molecule has 0 bridgehead atoms. The van der Waals surface area contributed by atoms with E-state index in [1.165, 1.54) is 10.0 Å². The molecule has 17 heteroatoms. The number of hydrazine groups is 1. The number of thioether (sulfide) groups is 4. The molecule has 4 aliphatic rings. The van der Waals surface area contributed by atoms with E-state index in [2.05, 4.69) is 10.6 Å². The maximum absolute atomic E-state index is 14.6. The number of hydrogen-bond donors (Lipinski definition) is 2. The van der Waals surface area contributed by atoms with Crippen LogP contribution >= 0.6 is 47.0 Å². The molecular weight excluding hydrogens is 869 g/mol. The number of barbiturate groups is 1. The summed E-state index contributed by atoms with van der Waals surface area (Å²) in [5.41, 5.74) is 1.23. The Labute approximate surface area is 376 Å². The van der Waals surface area contributed by atoms with Gasteiger partial charge in [-0.15, -0.1) is 0 Å². The van der Waals surface area contributed by atoms with E-state index in [-0.39, 0.29) is 40.0 Å². The number of carbonyl (C=O) groups excluding carboxylic acids is 7. The van der Waals surface area contributed by atoms with Gasteiger partial charge in [0.25, 0.3) is 23.6 Å². The van der Waals surface area contributed by atoms with Gasteiger partial charge in [0.05, 0.1) is 53.0 Å². The molecule has 13 nitrogen and oxygen atoms in total. The van der Waals surface area contributed by atoms with E-state index in [1.807, 2.05) is 88.4 Å². The average Bonchev–Trinajstić information content (AvgIpc) is 3.95. The van der Waals surface area contributed by atoms with Crippen LogP contribution in [0.25, 0.3) is 0 Å². The van der Waals surface area contributed by atoms with Gasteiger partial charge in [-0.1, -0.05) is 161 Å². The Morgan fingerprint density at radius 3 is 1.29 bits per heavy atom. The Hall–Kier alpha value is -4.97. The molecule has 2 N–H and O–H groups in total. The van der Waals surface area contributed by atoms with Crippen LogP contribution in [0.5, 0.6) is 11.5 Å². The summed E-state index contributed by atoms with van der Waals surface area (Å²) in [6, 6.07) is 17.8. The van der Waals surface area contributed by atoms with Crippen LogP contribution in [0, 0.1) is 11.8 Å². The second-order valence-electron chi connectivity index (χ2n) is 15.0. The van der Waals surface area contributed by atoms with Crippen LogP contribution in [0.3, 0.4) is 0 Å². The van der Waals surface area contributed by atoms with Crippen LogP contribution in [0.4, 0.5) is 4.79 Å². The van der Waals surface area contributed by atoms with Crippen molar-refractivity contribution in [3.8, 4) is 11.5 Å². The number of esters is 2. The van der Waals surface area contributed by atoms with Gasteiger partial charge in [0.15, 0.2) is 11.5 Å². The van der Waals surface area contributed by atoms with Crippen molar-refractivity contribution in [1.29, 1.82) is 0 Å². The second kappa shape index (κ2) is 20.0. The van der Waals surface area contributed by atoms with Crippen molar-refractivity contribution in [1.82, 2.24) is 20.7 Å². The average molecular weight is 915 g/mol. The number of carbonyl (C=O) groups is 7. The van der Waals surface area contributed by atoms with Crippen molar-refractivity contribution in [2.75, 3.05) is 0 Å². The molecule has 0 aromatic heterocycles. The fourth-order valence-electron chi connectivity index (χ4n) is 7.26. The third-order valence-electron chi connectivity index (χ3n) is 10.7. The maximum Gasteiger partial charge on any atom is 0.328 e. The van der Waals surface area contributed by atoms with Crippen molar-refractivity contribution < 1.29 is 43.0 Å². The highest BCUT2D eigenvalue weighted by Gasteiger charge is 2.48. The van der Waals surface area contributed by atoms with E-state index in [0.29, 0.717) is 49.5 Å². The fraction of sp³-hybridized carbons (Fsp3) is 0.356. The Kier molecular flexibility index (Phi) is 14.6. The van der Waals surface area contributed by atoms with E-state index < -0.39 is 53.4 Å². The molecule has 4 heterocycles. The molecule has 0 saturated carbocycles. The highest BCUT2D eigenvalue weighted by Crippen LogP contribution is 2.69. The van der Waals surface area contributed by atoms with Crippen LogP contribution in [-0.4, -0.2) is 51.6 Å². The van der Waals surface area contributed by atoms with Crippen LogP contribution in [-0.2, 0) is 41.9 Å². The number of imide groups is 2. The topological polar surface area (TPSA) is 168 Å². The first kappa shape index (κ1) is 45.1. The highest BCUT2D eigenvalue weighted by atomic mass is 32.2. The minimum absolute atomic E-state index is 0.0788. The lowest BCUT2D eigenvalue weighted by Gasteiger charge is -2.27. The number of benzene rings is 3. The molecule has 0 aliphatic carbocycles. The standard InChI is InChI=1S/C45H46N4O9S4/c1-5-9-21-27(7-3)41(54)57-31-33-34(60-43(59-33)29-37(50)46-45(56)47-38(29)51)32(58-42(55)28(8-4)22-10-6-2)36-35(31)61-44(62-36)30-39(52)48(23-25-17-13-11-14-18-25)49(40(30)53)24-26-19-15-12-16-20-26/h11-20,27-28H,5-10,21-24H2,1-4H3,(H2,46,47,50,51,56). The van der Waals surface area contributed by atoms with Gasteiger partial charge < -0.3 is 9.47 Å². The minimum atomic E-state index is -0.956. The number of ether oxygens (including phenoxy) is 2. The quantitative estimate of drug-likeness (QED) is 0.0605. The molecule has 2 saturated heterocycles. The van der Waals surface area contributed by atoms with Crippen LogP contribution in [0.1, 0.15) is 90.2 Å². The molecule has 2 fully saturated rings. The number of hydrogen-bond acceptors (Lipinski definition) is 13. The zero-order valence-electron chi connectivity index (χ0n) is 34.7. The molecule has 324 valence electrons. The monoisotopic (exact) mass is 914 g/mol. The smallest absolute Gasteiger partial charge is 0.328 e. The van der Waals surface area contributed by atoms with Crippen LogP contribution in [0.15, 0.2) is 99.9 Å². The van der Waals surface area contributed by atoms with Crippen LogP contribution in [0.2, 0.25) is 0 Å². The summed E-state index contributed by atoms with van der Waals surface area (Å²) in [7, 11) is 0. The molecule has 0 spiro atoms. The molecule has 7 rings (SSSR count). The van der Waals surface area contributed by atoms with E-state index in [0.717, 1.165) is 83.9 Å². The third-order valence-corrected chi connectivity index (χ3v) is 15.9. The molecule has 3 aromatic carbocycles. The molecule has 3 aromatic rings. The number of nitrogens with zero attached hydrogens (tertiary/aromatic N) is 2. The van der Waals surface area contributed by atoms with Crippen molar-refractivity contribution in [2.45, 2.75) is 112 Å². The fourth-order valence-corrected chi connectivity index (χ4v) is 12.8. The summed E-state index contributed by atoms with van der Waals surface area (Å²) < 4.78 is 13.2. The minimum Gasteiger partial charge on any atom is -0.424 e. The van der Waals surface area contributed by atoms with E-state index >= 15 is 0 Å². The lowest BCUT2D eigenvalue weighted by Crippen LogP contribution is -2.51. The summed E-state index contributed by atoms with van der Waals surface area (Å²) in [5.74, 6) is -4.53. The predicted octanol–water partition coefficient (Wildman–Crippen LogP) is 9.10. The number of rotatable bonds is 16. The van der Waals surface area contributed by atoms with Crippen molar-refractivity contribution >= 4 is 88.6 Å². The van der Waals surface area contributed by atoms with Gasteiger partial charge in [0.2, 0.25) is 0 Å². The lowest BCUT2D eigenvalue weighted by molar-refractivity contribution is -0.149. The van der Waals surface area contributed by atoms with Gasteiger partial charge in [-0.3, -0.25) is 39.4 Å². The van der Waals surface area contributed by atoms with Gasteiger partial charge in [-0.2, -0.15) is 0 Å². The van der Waals surface area contributed by atoms with Gasteiger partial charge in [0.1, 0.15) is 11.1 Å². The normalized spacial score (nSPS) is 17.0. The van der Waals surface area contributed by atoms with Gasteiger partial charge >= 0.3 is 18.0 Å². The third kappa shape index (κ3) is 9.36. The Morgan fingerprint density at radius 2 is 0.935 bits per heavy atom. The van der Waals surface area contributed by atoms with Crippen molar-refractivity contribution in [3.63, 3.8) is 0 Å². The maximum atomic E-state index is 14.6. The Morgan fingerprint density at radius 1 is 0.565 bits per heavy atom. The number of unbranched alkanes of at least 4 members (excludes halogenated alkanes) is 2. The van der Waals surface area contributed by atoms with E-state index in [1.54, 1.807) is 0 Å². The van der Waals surface area contributed by atoms with Crippen LogP contribution < -0.4 is 20.1 Å². The number of fused-ring (bicyclic) bond motifs is 2. The number of urea groups is 1. The first-order valence-corrected chi connectivity index (χ1v) is 24.0. The largest absolute Gasteiger partial charge is 0.424 e. The lowest BCUT2D eigenvalue weighted by atomic mass is 10.00. The molecule has 2 unspecified atom stereocenters. The summed E-state index contributed by atoms with van der Waals surface area (Å²) in [6.07, 6.45) is 5.52. The van der Waals surface area contributed by atoms with Gasteiger partial charge in [-0.05, 0) is 36.8 Å². The Bertz CT molecular complexity index is 2230. The van der Waals surface area contributed by atoms with Crippen molar-refractivity contribution in [3.05, 3.63) is 91.4 Å². The summed E-state index contributed by atoms with van der Waals surface area (Å²) in [4.78, 5) is 97.1. The summed E-state index contributed by atoms with van der Waals surface area (Å²) in [6.45, 7) is 8.13. The number of amides is 6. The number of nitrogens with one attached hydrogen (secondary N) is 2. The second-order valence-corrected chi connectivity index (χ2v) is 19.6. The molecular formula is C45H46N4O9S4. The summed E-state index contributed by atoms with van der Waals surface area (Å²) in [5, 5.41) is 7.11. The van der Waals surface area contributed by atoms with Gasteiger partial charge in [-0.25, -0.2) is 14.8 Å². The first-order chi connectivity index (χ1) is 30.0. The molecule has 2 atom stereocenters. The molecule has 4 aliphatic heterocycles. The SMILES string of the molecule is CCCCC(CC)C(=O)Oc1c2c(c(OC(=O)C(CC)CCCC)c3c1SC(=C1C(=O)N(Cc4ccccc4)N(Cc4ccccc4)C1=O)S3)SC(=C1C(=O)NC(=O)NC1=O)S2. The zero-order valence-corrected chi connectivity index (χ0v) is 38.0. The van der Waals surface area contributed by atoms with E-state index in [9.17, 15) is 33.6 Å². The van der Waals surface area contributed by atoms with Crippen molar-refractivity contribution in [2.24, 2.45) is 11.8 Å². The Balaban J connectivity index is 1.39. The predicted molar refractivity (Wildman–Crippen MR) is 237 cm³/mol. The highest BCUT2D eigenvalue weighted by molar-refractivity contribution is 8.26. The molecule has 0 radical (unpaired) electrons. The van der Waals surface area contributed by atoms with E-state index in [4.69, 9.17) is 9.47 Å².